The Balaban J connectivity index is 1.58. The van der Waals surface area contributed by atoms with E-state index in [1.807, 2.05) is 0 Å². The Morgan fingerprint density at radius 2 is 1.73 bits per heavy atom. The molecule has 4 rings (SSSR count). The van der Waals surface area contributed by atoms with Crippen LogP contribution in [-0.2, 0) is 4.79 Å². The van der Waals surface area contributed by atoms with E-state index in [0.717, 1.165) is 0 Å². The van der Waals surface area contributed by atoms with Crippen LogP contribution in [0.3, 0.4) is 0 Å². The van der Waals surface area contributed by atoms with Crippen molar-refractivity contribution in [3.63, 3.8) is 0 Å². The number of rotatable bonds is 3. The number of aromatic nitrogens is 4. The second kappa shape index (κ2) is 8.02. The summed E-state index contributed by atoms with van der Waals surface area (Å²) in [7, 11) is 0. The van der Waals surface area contributed by atoms with Crippen molar-refractivity contribution >= 4 is 11.8 Å². The molecule has 0 N–H and O–H groups in total. The molecule has 1 saturated heterocycles. The fourth-order valence-corrected chi connectivity index (χ4v) is 3.49. The third-order valence-corrected chi connectivity index (χ3v) is 5.23. The zero-order chi connectivity index (χ0) is 21.3. The van der Waals surface area contributed by atoms with Crippen LogP contribution in [0.2, 0.25) is 0 Å². The van der Waals surface area contributed by atoms with Crippen molar-refractivity contribution in [1.29, 1.82) is 0 Å². The van der Waals surface area contributed by atoms with E-state index in [9.17, 15) is 14.0 Å². The first-order valence-corrected chi connectivity index (χ1v) is 9.63. The van der Waals surface area contributed by atoms with Gasteiger partial charge in [0.1, 0.15) is 5.82 Å². The molecule has 0 unspecified atom stereocenters. The summed E-state index contributed by atoms with van der Waals surface area (Å²) in [6.45, 7) is 5.28. The van der Waals surface area contributed by atoms with Gasteiger partial charge in [-0.25, -0.2) is 19.0 Å². The van der Waals surface area contributed by atoms with Gasteiger partial charge in [-0.2, -0.15) is 5.10 Å². The number of piperazine rings is 1. The lowest BCUT2D eigenvalue weighted by molar-refractivity contribution is -0.130. The van der Waals surface area contributed by atoms with Crippen LogP contribution in [0.15, 0.2) is 42.7 Å². The van der Waals surface area contributed by atoms with Gasteiger partial charge in [-0.05, 0) is 25.1 Å². The summed E-state index contributed by atoms with van der Waals surface area (Å²) in [5, 5.41) is 4.29. The molecule has 3 heterocycles. The highest BCUT2D eigenvalue weighted by atomic mass is 19.1. The molecule has 1 aromatic carbocycles. The van der Waals surface area contributed by atoms with Gasteiger partial charge in [-0.3, -0.25) is 9.59 Å². The molecular formula is C21H21FN6O2. The zero-order valence-corrected chi connectivity index (χ0v) is 16.7. The lowest BCUT2D eigenvalue weighted by Crippen LogP contribution is -2.50. The Labute approximate surface area is 173 Å². The molecule has 1 aliphatic heterocycles. The van der Waals surface area contributed by atoms with Crippen molar-refractivity contribution in [3.05, 3.63) is 59.8 Å². The molecule has 0 bridgehead atoms. The van der Waals surface area contributed by atoms with Crippen LogP contribution in [-0.4, -0.2) is 67.5 Å². The minimum atomic E-state index is -0.375. The first-order valence-electron chi connectivity index (χ1n) is 9.63. The summed E-state index contributed by atoms with van der Waals surface area (Å²) in [4.78, 5) is 36.5. The average Bonchev–Trinajstić information content (AvgIpc) is 3.15. The minimum Gasteiger partial charge on any atom is -0.339 e. The Bertz CT molecular complexity index is 1100. The number of benzene rings is 1. The normalized spacial score (nSPS) is 14.1. The third-order valence-electron chi connectivity index (χ3n) is 5.23. The van der Waals surface area contributed by atoms with E-state index >= 15 is 0 Å². The fourth-order valence-electron chi connectivity index (χ4n) is 3.49. The molecule has 0 spiro atoms. The first-order chi connectivity index (χ1) is 14.5. The van der Waals surface area contributed by atoms with Gasteiger partial charge in [0.15, 0.2) is 0 Å². The van der Waals surface area contributed by atoms with Crippen LogP contribution in [0.5, 0.6) is 0 Å². The largest absolute Gasteiger partial charge is 0.339 e. The highest BCUT2D eigenvalue weighted by molar-refractivity contribution is 5.95. The van der Waals surface area contributed by atoms with E-state index in [1.165, 1.54) is 30.1 Å². The molecule has 9 heteroatoms. The SMILES string of the molecule is CC(=O)N1CCN(C(=O)c2cnn(-c3nccc(-c4ccccc4F)n3)c2C)CC1. The average molecular weight is 408 g/mol. The number of hydrogen-bond acceptors (Lipinski definition) is 5. The van der Waals surface area contributed by atoms with Crippen LogP contribution in [0.4, 0.5) is 4.39 Å². The quantitative estimate of drug-likeness (QED) is 0.663. The Kier molecular flexibility index (Phi) is 5.26. The number of carbonyl (C=O) groups is 2. The van der Waals surface area contributed by atoms with Crippen LogP contribution in [0.25, 0.3) is 17.2 Å². The van der Waals surface area contributed by atoms with Crippen molar-refractivity contribution < 1.29 is 14.0 Å². The molecule has 0 radical (unpaired) electrons. The van der Waals surface area contributed by atoms with Gasteiger partial charge in [0.25, 0.3) is 11.9 Å². The number of carbonyl (C=O) groups excluding carboxylic acids is 2. The van der Waals surface area contributed by atoms with Crippen LogP contribution in [0.1, 0.15) is 23.0 Å². The summed E-state index contributed by atoms with van der Waals surface area (Å²) >= 11 is 0. The fraction of sp³-hybridized carbons (Fsp3) is 0.286. The summed E-state index contributed by atoms with van der Waals surface area (Å²) < 4.78 is 15.6. The van der Waals surface area contributed by atoms with Crippen molar-refractivity contribution in [1.82, 2.24) is 29.5 Å². The highest BCUT2D eigenvalue weighted by Crippen LogP contribution is 2.21. The Morgan fingerprint density at radius 3 is 2.43 bits per heavy atom. The molecule has 2 amide bonds. The zero-order valence-electron chi connectivity index (χ0n) is 16.7. The molecule has 0 aliphatic carbocycles. The molecule has 8 nitrogen and oxygen atoms in total. The summed E-state index contributed by atoms with van der Waals surface area (Å²) in [5.74, 6) is -0.251. The van der Waals surface area contributed by atoms with Crippen molar-refractivity contribution in [2.75, 3.05) is 26.2 Å². The van der Waals surface area contributed by atoms with Gasteiger partial charge in [0, 0.05) is 44.9 Å². The molecule has 154 valence electrons. The van der Waals surface area contributed by atoms with Gasteiger partial charge in [-0.15, -0.1) is 0 Å². The second-order valence-corrected chi connectivity index (χ2v) is 7.08. The van der Waals surface area contributed by atoms with E-state index in [1.54, 1.807) is 41.0 Å². The summed E-state index contributed by atoms with van der Waals surface area (Å²) in [6.07, 6.45) is 3.03. The molecule has 0 saturated carbocycles. The van der Waals surface area contributed by atoms with Crippen molar-refractivity contribution in [2.45, 2.75) is 13.8 Å². The topological polar surface area (TPSA) is 84.2 Å². The molecule has 1 fully saturated rings. The number of halogens is 1. The number of amides is 2. The first kappa shape index (κ1) is 19.7. The van der Waals surface area contributed by atoms with E-state index in [2.05, 4.69) is 15.1 Å². The van der Waals surface area contributed by atoms with E-state index in [-0.39, 0.29) is 23.6 Å². The van der Waals surface area contributed by atoms with Gasteiger partial charge in [0.2, 0.25) is 5.91 Å². The maximum Gasteiger partial charge on any atom is 0.257 e. The molecule has 3 aromatic rings. The second-order valence-electron chi connectivity index (χ2n) is 7.08. The van der Waals surface area contributed by atoms with Gasteiger partial charge < -0.3 is 9.80 Å². The van der Waals surface area contributed by atoms with Crippen LogP contribution >= 0.6 is 0 Å². The predicted octanol–water partition coefficient (Wildman–Crippen LogP) is 2.08. The Hall–Kier alpha value is -3.62. The lowest BCUT2D eigenvalue weighted by Gasteiger charge is -2.34. The molecular weight excluding hydrogens is 387 g/mol. The third kappa shape index (κ3) is 3.66. The maximum absolute atomic E-state index is 14.1. The molecule has 30 heavy (non-hydrogen) atoms. The van der Waals surface area contributed by atoms with Crippen molar-refractivity contribution in [2.24, 2.45) is 0 Å². The van der Waals surface area contributed by atoms with Crippen molar-refractivity contribution in [3.8, 4) is 17.2 Å². The summed E-state index contributed by atoms with van der Waals surface area (Å²) in [6, 6.07) is 8.00. The van der Waals surface area contributed by atoms with Gasteiger partial charge in [0.05, 0.1) is 23.1 Å². The van der Waals surface area contributed by atoms with Gasteiger partial charge >= 0.3 is 0 Å². The smallest absolute Gasteiger partial charge is 0.257 e. The van der Waals surface area contributed by atoms with E-state index in [0.29, 0.717) is 48.7 Å². The monoisotopic (exact) mass is 408 g/mol. The van der Waals surface area contributed by atoms with E-state index < -0.39 is 0 Å². The maximum atomic E-state index is 14.1. The highest BCUT2D eigenvalue weighted by Gasteiger charge is 2.26. The lowest BCUT2D eigenvalue weighted by atomic mass is 10.1. The summed E-state index contributed by atoms with van der Waals surface area (Å²) in [5.41, 5.74) is 1.85. The van der Waals surface area contributed by atoms with Gasteiger partial charge in [-0.1, -0.05) is 12.1 Å². The Morgan fingerprint density at radius 1 is 1.03 bits per heavy atom. The molecule has 0 atom stereocenters. The molecule has 2 aromatic heterocycles. The van der Waals surface area contributed by atoms with Crippen LogP contribution in [0, 0.1) is 12.7 Å². The number of nitrogens with zero attached hydrogens (tertiary/aromatic N) is 6. The number of hydrogen-bond donors (Lipinski definition) is 0. The predicted molar refractivity (Wildman–Crippen MR) is 107 cm³/mol. The van der Waals surface area contributed by atoms with Crippen LogP contribution < -0.4 is 0 Å². The minimum absolute atomic E-state index is 0.0120. The standard InChI is InChI=1S/C21H21FN6O2/c1-14-17(20(30)27-11-9-26(10-12-27)15(2)29)13-24-28(14)21-23-8-7-19(25-21)16-5-3-4-6-18(16)22/h3-8,13H,9-12H2,1-2H3. The molecule has 1 aliphatic rings. The van der Waals surface area contributed by atoms with E-state index in [4.69, 9.17) is 0 Å².